The third-order valence-electron chi connectivity index (χ3n) is 6.69. The van der Waals surface area contributed by atoms with E-state index in [1.54, 1.807) is 26.2 Å². The van der Waals surface area contributed by atoms with Gasteiger partial charge in [0.1, 0.15) is 10.0 Å². The number of hydrogen-bond acceptors (Lipinski definition) is 7. The normalized spacial score (nSPS) is 21.7. The van der Waals surface area contributed by atoms with Gasteiger partial charge in [0.15, 0.2) is 5.82 Å². The Balaban J connectivity index is 1.25. The third-order valence-corrected chi connectivity index (χ3v) is 8.41. The number of ether oxygens (including phenoxy) is 1. The number of sulfonamides is 1. The molecule has 3 atom stereocenters. The number of amides is 1. The number of fused-ring (bicyclic) bond motifs is 2. The number of carbonyl (C=O) groups excluding carboxylic acids is 1. The Morgan fingerprint density at radius 1 is 1.24 bits per heavy atom. The molecule has 5 rings (SSSR count). The highest BCUT2D eigenvalue weighted by Gasteiger charge is 2.39. The maximum atomic E-state index is 12.6. The van der Waals surface area contributed by atoms with E-state index in [1.807, 2.05) is 4.72 Å². The van der Waals surface area contributed by atoms with Gasteiger partial charge in [0.25, 0.3) is 15.9 Å². The number of carbonyl (C=O) groups is 1. The van der Waals surface area contributed by atoms with E-state index in [9.17, 15) is 13.2 Å². The minimum absolute atomic E-state index is 0.0737. The molecule has 0 aromatic carbocycles. The Morgan fingerprint density at radius 2 is 2.06 bits per heavy atom. The van der Waals surface area contributed by atoms with Crippen molar-refractivity contribution in [3.8, 4) is 11.7 Å². The third kappa shape index (κ3) is 4.41. The lowest BCUT2D eigenvalue weighted by atomic mass is 9.90. The highest BCUT2D eigenvalue weighted by atomic mass is 35.5. The second-order valence-corrected chi connectivity index (χ2v) is 11.0. The average molecular weight is 505 g/mol. The zero-order chi connectivity index (χ0) is 24.0. The lowest BCUT2D eigenvalue weighted by molar-refractivity contribution is 0.0981. The predicted molar refractivity (Wildman–Crippen MR) is 123 cm³/mol. The molecule has 1 N–H and O–H groups in total. The van der Waals surface area contributed by atoms with Crippen LogP contribution in [0.3, 0.4) is 0 Å². The van der Waals surface area contributed by atoms with Crippen LogP contribution in [0.5, 0.6) is 5.88 Å². The van der Waals surface area contributed by atoms with Gasteiger partial charge in [-0.1, -0.05) is 18.0 Å². The van der Waals surface area contributed by atoms with Crippen molar-refractivity contribution in [3.05, 3.63) is 47.0 Å². The fraction of sp³-hybridized carbons (Fsp3) is 0.455. The molecule has 180 valence electrons. The maximum Gasteiger partial charge on any atom is 0.268 e. The molecular weight excluding hydrogens is 480 g/mol. The second kappa shape index (κ2) is 8.70. The molecule has 0 saturated heterocycles. The molecule has 2 bridgehead atoms. The summed E-state index contributed by atoms with van der Waals surface area (Å²) >= 11 is 6.22. The van der Waals surface area contributed by atoms with E-state index >= 15 is 0 Å². The SMILES string of the molecule is Cc1nn(C)cc1S(=O)(=O)NC(=O)c1ccc(-n2ccc(OCC3C[C@@H]4CC[C@@H]3C4)n2)nc1Cl. The summed E-state index contributed by atoms with van der Waals surface area (Å²) in [4.78, 5) is 16.7. The van der Waals surface area contributed by atoms with Gasteiger partial charge in [0, 0.05) is 25.5 Å². The van der Waals surface area contributed by atoms with Crippen LogP contribution >= 0.6 is 11.6 Å². The number of rotatable bonds is 7. The molecule has 2 aliphatic carbocycles. The molecule has 2 saturated carbocycles. The molecule has 1 unspecified atom stereocenters. The Bertz CT molecular complexity index is 1350. The standard InChI is InChI=1S/C22H25ClN6O4S/c1-13-18(11-28(2)25-13)34(31,32)27-22(30)17-5-6-19(24-21(17)23)29-8-7-20(26-29)33-12-16-10-14-3-4-15(16)9-14/h5-8,11,14-16H,3-4,9-10,12H2,1-2H3,(H,27,30)/t14-,15-,16?/m1/s1. The van der Waals surface area contributed by atoms with Gasteiger partial charge in [-0.05, 0) is 56.1 Å². The maximum absolute atomic E-state index is 12.6. The van der Waals surface area contributed by atoms with Crippen LogP contribution < -0.4 is 9.46 Å². The summed E-state index contributed by atoms with van der Waals surface area (Å²) in [6.45, 7) is 2.21. The summed E-state index contributed by atoms with van der Waals surface area (Å²) < 4.78 is 35.9. The second-order valence-electron chi connectivity index (χ2n) is 9.04. The fourth-order valence-corrected chi connectivity index (χ4v) is 6.50. The molecule has 2 aliphatic rings. The van der Waals surface area contributed by atoms with E-state index in [4.69, 9.17) is 16.3 Å². The number of aryl methyl sites for hydroxylation is 2. The van der Waals surface area contributed by atoms with Crippen LogP contribution in [0.25, 0.3) is 5.82 Å². The monoisotopic (exact) mass is 504 g/mol. The molecule has 12 heteroatoms. The summed E-state index contributed by atoms with van der Waals surface area (Å²) in [7, 11) is -2.52. The number of aromatic nitrogens is 5. The van der Waals surface area contributed by atoms with E-state index in [0.29, 0.717) is 24.2 Å². The van der Waals surface area contributed by atoms with Crippen LogP contribution in [0.2, 0.25) is 5.15 Å². The quantitative estimate of drug-likeness (QED) is 0.491. The van der Waals surface area contributed by atoms with Crippen molar-refractivity contribution in [2.45, 2.75) is 37.5 Å². The van der Waals surface area contributed by atoms with Gasteiger partial charge in [0.2, 0.25) is 5.88 Å². The molecule has 0 aliphatic heterocycles. The van der Waals surface area contributed by atoms with Crippen molar-refractivity contribution in [3.63, 3.8) is 0 Å². The van der Waals surface area contributed by atoms with E-state index in [2.05, 4.69) is 15.2 Å². The number of nitrogens with one attached hydrogen (secondary N) is 1. The highest BCUT2D eigenvalue weighted by molar-refractivity contribution is 7.90. The molecule has 3 heterocycles. The molecule has 10 nitrogen and oxygen atoms in total. The molecular formula is C22H25ClN6O4S. The first-order valence-corrected chi connectivity index (χ1v) is 13.0. The fourth-order valence-electron chi connectivity index (χ4n) is 5.08. The van der Waals surface area contributed by atoms with Gasteiger partial charge < -0.3 is 4.74 Å². The van der Waals surface area contributed by atoms with Crippen LogP contribution in [0.4, 0.5) is 0 Å². The molecule has 0 spiro atoms. The largest absolute Gasteiger partial charge is 0.476 e. The minimum Gasteiger partial charge on any atom is -0.476 e. The van der Waals surface area contributed by atoms with Gasteiger partial charge >= 0.3 is 0 Å². The smallest absolute Gasteiger partial charge is 0.268 e. The average Bonchev–Trinajstić information content (AvgIpc) is 3.56. The van der Waals surface area contributed by atoms with Crippen LogP contribution in [-0.2, 0) is 17.1 Å². The Morgan fingerprint density at radius 3 is 2.71 bits per heavy atom. The highest BCUT2D eigenvalue weighted by Crippen LogP contribution is 2.48. The Hall–Kier alpha value is -2.92. The molecule has 34 heavy (non-hydrogen) atoms. The van der Waals surface area contributed by atoms with Gasteiger partial charge in [0.05, 0.1) is 17.9 Å². The van der Waals surface area contributed by atoms with E-state index in [-0.39, 0.29) is 21.3 Å². The zero-order valence-electron chi connectivity index (χ0n) is 18.8. The number of pyridine rings is 1. The zero-order valence-corrected chi connectivity index (χ0v) is 20.4. The summed E-state index contributed by atoms with van der Waals surface area (Å²) in [5, 5.41) is 8.25. The lowest BCUT2D eigenvalue weighted by Crippen LogP contribution is -2.31. The summed E-state index contributed by atoms with van der Waals surface area (Å²) in [5.74, 6) is 2.23. The van der Waals surface area contributed by atoms with E-state index in [0.717, 1.165) is 11.8 Å². The van der Waals surface area contributed by atoms with Crippen molar-refractivity contribution in [2.24, 2.45) is 24.8 Å². The van der Waals surface area contributed by atoms with Crippen molar-refractivity contribution in [1.29, 1.82) is 0 Å². The van der Waals surface area contributed by atoms with E-state index in [1.165, 1.54) is 53.4 Å². The van der Waals surface area contributed by atoms with Crippen LogP contribution in [0.1, 0.15) is 41.7 Å². The minimum atomic E-state index is -4.11. The first-order chi connectivity index (χ1) is 16.2. The molecule has 2 fully saturated rings. The summed E-state index contributed by atoms with van der Waals surface area (Å²) in [5.41, 5.74) is 0.204. The van der Waals surface area contributed by atoms with Crippen LogP contribution in [0.15, 0.2) is 35.5 Å². The van der Waals surface area contributed by atoms with Gasteiger partial charge in [-0.25, -0.2) is 22.8 Å². The molecule has 3 aromatic rings. The Labute approximate surface area is 202 Å². The van der Waals surface area contributed by atoms with Crippen LogP contribution in [0, 0.1) is 24.7 Å². The predicted octanol–water partition coefficient (Wildman–Crippen LogP) is 2.90. The van der Waals surface area contributed by atoms with Crippen molar-refractivity contribution in [2.75, 3.05) is 6.61 Å². The van der Waals surface area contributed by atoms with Gasteiger partial charge in [-0.2, -0.15) is 5.10 Å². The van der Waals surface area contributed by atoms with Crippen molar-refractivity contribution in [1.82, 2.24) is 29.3 Å². The lowest BCUT2D eigenvalue weighted by Gasteiger charge is -2.20. The molecule has 3 aromatic heterocycles. The van der Waals surface area contributed by atoms with Gasteiger partial charge in [-0.3, -0.25) is 9.48 Å². The summed E-state index contributed by atoms with van der Waals surface area (Å²) in [6.07, 6.45) is 8.24. The topological polar surface area (TPSA) is 121 Å². The Kier molecular flexibility index (Phi) is 5.85. The first-order valence-electron chi connectivity index (χ1n) is 11.1. The summed E-state index contributed by atoms with van der Waals surface area (Å²) in [6, 6.07) is 4.70. The van der Waals surface area contributed by atoms with Crippen molar-refractivity contribution >= 4 is 27.5 Å². The first kappa shape index (κ1) is 22.9. The molecule has 0 radical (unpaired) electrons. The van der Waals surface area contributed by atoms with Gasteiger partial charge in [-0.15, -0.1) is 5.10 Å². The number of halogens is 1. The number of nitrogens with zero attached hydrogens (tertiary/aromatic N) is 5. The molecule has 1 amide bonds. The number of hydrogen-bond donors (Lipinski definition) is 1. The van der Waals surface area contributed by atoms with Crippen LogP contribution in [-0.4, -0.2) is 45.5 Å². The van der Waals surface area contributed by atoms with Crippen molar-refractivity contribution < 1.29 is 17.9 Å². The van der Waals surface area contributed by atoms with E-state index < -0.39 is 15.9 Å².